The summed E-state index contributed by atoms with van der Waals surface area (Å²) in [5.41, 5.74) is 12.5. The lowest BCUT2D eigenvalue weighted by molar-refractivity contribution is 0.0378. The zero-order valence-electron chi connectivity index (χ0n) is 15.0. The minimum atomic E-state index is -0.568. The normalized spacial score (nSPS) is 19.3. The summed E-state index contributed by atoms with van der Waals surface area (Å²) in [7, 11) is 0. The fraction of sp³-hybridized carbons (Fsp3) is 0.500. The molecule has 1 fully saturated rings. The second kappa shape index (κ2) is 7.15. The smallest absolute Gasteiger partial charge is 0.339 e. The highest BCUT2D eigenvalue weighted by Gasteiger charge is 2.42. The summed E-state index contributed by atoms with van der Waals surface area (Å²) in [6.07, 6.45) is 4.59. The maximum absolute atomic E-state index is 12.4. The van der Waals surface area contributed by atoms with Crippen molar-refractivity contribution < 1.29 is 9.53 Å². The van der Waals surface area contributed by atoms with Gasteiger partial charge >= 0.3 is 5.97 Å². The van der Waals surface area contributed by atoms with E-state index in [-0.39, 0.29) is 18.0 Å². The number of hydrogen-bond donors (Lipinski definition) is 2. The Bertz CT molecular complexity index is 769. The lowest BCUT2D eigenvalue weighted by atomic mass is 9.87. The number of guanidine groups is 2. The molecule has 2 aliphatic rings. The Balaban J connectivity index is 2.03. The van der Waals surface area contributed by atoms with E-state index in [1.54, 1.807) is 26.0 Å². The van der Waals surface area contributed by atoms with Gasteiger partial charge in [0, 0.05) is 5.69 Å². The molecular weight excluding hydrogens is 354 g/mol. The average molecular weight is 378 g/mol. The fourth-order valence-corrected chi connectivity index (χ4v) is 3.78. The van der Waals surface area contributed by atoms with Crippen LogP contribution in [0.1, 0.15) is 56.3 Å². The minimum Gasteiger partial charge on any atom is -0.459 e. The third kappa shape index (κ3) is 3.49. The van der Waals surface area contributed by atoms with Crippen molar-refractivity contribution in [1.82, 2.24) is 0 Å². The van der Waals surface area contributed by atoms with Gasteiger partial charge in [0.15, 0.2) is 0 Å². The van der Waals surface area contributed by atoms with Crippen LogP contribution in [0.25, 0.3) is 0 Å². The standard InChI is InChI=1S/C18H24ClN5O2/c1-11(2)26-15(25)13-10-12(6-7-14(13)19)24-17(21)22-16(20)23-18(24)8-4-3-5-9-18/h6-7,10-11H,3-5,8-9H2,1-2H3,(H4,20,21,22,23). The molecule has 1 heterocycles. The van der Waals surface area contributed by atoms with Gasteiger partial charge < -0.3 is 16.2 Å². The van der Waals surface area contributed by atoms with E-state index in [0.717, 1.165) is 32.1 Å². The van der Waals surface area contributed by atoms with Gasteiger partial charge in [0.1, 0.15) is 5.66 Å². The molecule has 0 saturated heterocycles. The quantitative estimate of drug-likeness (QED) is 0.787. The highest BCUT2D eigenvalue weighted by molar-refractivity contribution is 6.33. The number of ether oxygens (including phenoxy) is 1. The van der Waals surface area contributed by atoms with Crippen LogP contribution in [0.5, 0.6) is 0 Å². The molecule has 1 aliphatic heterocycles. The van der Waals surface area contributed by atoms with Crippen LogP contribution in [0.3, 0.4) is 0 Å². The molecule has 26 heavy (non-hydrogen) atoms. The molecule has 1 aromatic rings. The molecule has 0 aromatic heterocycles. The van der Waals surface area contributed by atoms with Crippen LogP contribution in [0.4, 0.5) is 5.69 Å². The van der Waals surface area contributed by atoms with Crippen molar-refractivity contribution in [3.05, 3.63) is 28.8 Å². The number of esters is 1. The van der Waals surface area contributed by atoms with Crippen molar-refractivity contribution >= 4 is 35.2 Å². The Kier molecular flexibility index (Phi) is 5.09. The molecule has 140 valence electrons. The zero-order chi connectivity index (χ0) is 18.9. The first kappa shape index (κ1) is 18.5. The number of rotatable bonds is 3. The van der Waals surface area contributed by atoms with Crippen molar-refractivity contribution in [3.8, 4) is 0 Å². The Labute approximate surface area is 158 Å². The number of carbonyl (C=O) groups excluding carboxylic acids is 1. The van der Waals surface area contributed by atoms with Gasteiger partial charge in [-0.25, -0.2) is 9.79 Å². The van der Waals surface area contributed by atoms with Gasteiger partial charge in [0.2, 0.25) is 11.9 Å². The van der Waals surface area contributed by atoms with Crippen LogP contribution >= 0.6 is 11.6 Å². The lowest BCUT2D eigenvalue weighted by Crippen LogP contribution is -2.58. The van der Waals surface area contributed by atoms with Crippen molar-refractivity contribution in [1.29, 1.82) is 0 Å². The van der Waals surface area contributed by atoms with E-state index in [9.17, 15) is 4.79 Å². The summed E-state index contributed by atoms with van der Waals surface area (Å²) in [5.74, 6) is -0.0148. The van der Waals surface area contributed by atoms with Gasteiger partial charge in [0.05, 0.1) is 16.7 Å². The number of aliphatic imine (C=N–C) groups is 2. The molecule has 1 aromatic carbocycles. The van der Waals surface area contributed by atoms with E-state index < -0.39 is 11.6 Å². The Morgan fingerprint density at radius 2 is 1.96 bits per heavy atom. The van der Waals surface area contributed by atoms with Crippen LogP contribution in [-0.4, -0.2) is 29.7 Å². The highest BCUT2D eigenvalue weighted by Crippen LogP contribution is 2.40. The topological polar surface area (TPSA) is 106 Å². The second-order valence-electron chi connectivity index (χ2n) is 6.94. The van der Waals surface area contributed by atoms with Gasteiger partial charge in [-0.2, -0.15) is 4.99 Å². The molecule has 0 radical (unpaired) electrons. The molecule has 1 aliphatic carbocycles. The van der Waals surface area contributed by atoms with Crippen molar-refractivity contribution in [2.45, 2.75) is 57.7 Å². The number of halogens is 1. The van der Waals surface area contributed by atoms with Gasteiger partial charge in [-0.05, 0) is 57.7 Å². The second-order valence-corrected chi connectivity index (χ2v) is 7.34. The Hall–Kier alpha value is -2.28. The van der Waals surface area contributed by atoms with Crippen molar-refractivity contribution in [2.75, 3.05) is 4.90 Å². The summed E-state index contributed by atoms with van der Waals surface area (Å²) in [6.45, 7) is 3.58. The third-order valence-electron chi connectivity index (χ3n) is 4.62. The molecule has 4 N–H and O–H groups in total. The molecule has 0 atom stereocenters. The summed E-state index contributed by atoms with van der Waals surface area (Å²) in [6, 6.07) is 5.16. The van der Waals surface area contributed by atoms with Gasteiger partial charge in [0.25, 0.3) is 0 Å². The third-order valence-corrected chi connectivity index (χ3v) is 4.95. The van der Waals surface area contributed by atoms with E-state index >= 15 is 0 Å². The van der Waals surface area contributed by atoms with Crippen LogP contribution < -0.4 is 16.4 Å². The summed E-state index contributed by atoms with van der Waals surface area (Å²) >= 11 is 6.22. The SMILES string of the molecule is CC(C)OC(=O)c1cc(N2C(N)=NC(N)=NC23CCCCC3)ccc1Cl. The van der Waals surface area contributed by atoms with E-state index in [0.29, 0.717) is 16.3 Å². The number of benzene rings is 1. The summed E-state index contributed by atoms with van der Waals surface area (Å²) < 4.78 is 5.29. The van der Waals surface area contributed by atoms with Gasteiger partial charge in [-0.15, -0.1) is 0 Å². The lowest BCUT2D eigenvalue weighted by Gasteiger charge is -2.45. The summed E-state index contributed by atoms with van der Waals surface area (Å²) in [5, 5.41) is 0.327. The van der Waals surface area contributed by atoms with Gasteiger partial charge in [-0.1, -0.05) is 18.0 Å². The first-order valence-corrected chi connectivity index (χ1v) is 9.20. The predicted octanol–water partition coefficient (Wildman–Crippen LogP) is 3.02. The number of hydrogen-bond acceptors (Lipinski definition) is 7. The fourth-order valence-electron chi connectivity index (χ4n) is 3.58. The van der Waals surface area contributed by atoms with Crippen LogP contribution in [0, 0.1) is 0 Å². The largest absolute Gasteiger partial charge is 0.459 e. The first-order valence-electron chi connectivity index (χ1n) is 8.83. The van der Waals surface area contributed by atoms with E-state index in [1.165, 1.54) is 0 Å². The summed E-state index contributed by atoms with van der Waals surface area (Å²) in [4.78, 5) is 23.0. The molecule has 7 nitrogen and oxygen atoms in total. The number of anilines is 1. The highest BCUT2D eigenvalue weighted by atomic mass is 35.5. The maximum Gasteiger partial charge on any atom is 0.339 e. The maximum atomic E-state index is 12.4. The van der Waals surface area contributed by atoms with Gasteiger partial charge in [-0.3, -0.25) is 4.90 Å². The van der Waals surface area contributed by atoms with Crippen LogP contribution in [-0.2, 0) is 4.74 Å². The van der Waals surface area contributed by atoms with Crippen molar-refractivity contribution in [2.24, 2.45) is 21.5 Å². The van der Waals surface area contributed by atoms with E-state index in [4.69, 9.17) is 27.8 Å². The Morgan fingerprint density at radius 1 is 1.27 bits per heavy atom. The molecule has 0 bridgehead atoms. The monoisotopic (exact) mass is 377 g/mol. The number of carbonyl (C=O) groups is 1. The predicted molar refractivity (Wildman–Crippen MR) is 104 cm³/mol. The van der Waals surface area contributed by atoms with Crippen LogP contribution in [0.15, 0.2) is 28.2 Å². The minimum absolute atomic E-state index is 0.189. The van der Waals surface area contributed by atoms with E-state index in [2.05, 4.69) is 9.98 Å². The molecule has 3 rings (SSSR count). The van der Waals surface area contributed by atoms with Crippen molar-refractivity contribution in [3.63, 3.8) is 0 Å². The number of nitrogens with zero attached hydrogens (tertiary/aromatic N) is 3. The average Bonchev–Trinajstić information content (AvgIpc) is 2.55. The molecule has 0 unspecified atom stereocenters. The molecular formula is C18H24ClN5O2. The first-order chi connectivity index (χ1) is 12.3. The zero-order valence-corrected chi connectivity index (χ0v) is 15.8. The molecule has 0 amide bonds. The van der Waals surface area contributed by atoms with E-state index in [1.807, 2.05) is 11.0 Å². The molecule has 1 saturated carbocycles. The molecule has 8 heteroatoms. The number of nitrogens with two attached hydrogens (primary N) is 2. The van der Waals surface area contributed by atoms with Crippen LogP contribution in [0.2, 0.25) is 5.02 Å². The Morgan fingerprint density at radius 3 is 2.62 bits per heavy atom. The molecule has 1 spiro atoms.